The van der Waals surface area contributed by atoms with Crippen LogP contribution in [0.5, 0.6) is 0 Å². The molecule has 20 nitrogen and oxygen atoms in total. The average molecular weight is 1030 g/mol. The molecular weight excluding hydrogens is 951 g/mol. The molecule has 3 saturated heterocycles. The van der Waals surface area contributed by atoms with E-state index in [9.17, 15) is 29.1 Å². The van der Waals surface area contributed by atoms with E-state index >= 15 is 0 Å². The molecule has 22 heteroatoms. The van der Waals surface area contributed by atoms with Crippen LogP contribution in [0.25, 0.3) is 11.3 Å². The summed E-state index contributed by atoms with van der Waals surface area (Å²) in [6.45, 7) is 19.1. The molecule has 3 aliphatic rings. The molecule has 13 atom stereocenters. The zero-order chi connectivity index (χ0) is 51.9. The third-order valence-corrected chi connectivity index (χ3v) is 13.8. The summed E-state index contributed by atoms with van der Waals surface area (Å²) in [6, 6.07) is 5.42. The van der Waals surface area contributed by atoms with Gasteiger partial charge in [-0.1, -0.05) is 61.3 Å². The summed E-state index contributed by atoms with van der Waals surface area (Å²) in [5.74, 6) is -4.37. The average Bonchev–Trinajstić information content (AvgIpc) is 3.87. The highest BCUT2D eigenvalue weighted by molar-refractivity contribution is 6.53. The topological polar surface area (TPSA) is 257 Å². The van der Waals surface area contributed by atoms with Crippen LogP contribution in [0.3, 0.4) is 0 Å². The van der Waals surface area contributed by atoms with E-state index in [1.54, 1.807) is 69.3 Å². The van der Waals surface area contributed by atoms with E-state index in [1.807, 2.05) is 33.0 Å². The van der Waals surface area contributed by atoms with Gasteiger partial charge in [-0.15, -0.1) is 5.10 Å². The second kappa shape index (κ2) is 24.0. The lowest BCUT2D eigenvalue weighted by molar-refractivity contribution is -0.290. The summed E-state index contributed by atoms with van der Waals surface area (Å²) in [5, 5.41) is 28.9. The second-order valence-electron chi connectivity index (χ2n) is 20.4. The Bertz CT molecular complexity index is 2130. The lowest BCUT2D eigenvalue weighted by Crippen LogP contribution is -2.61. The van der Waals surface area contributed by atoms with E-state index in [0.717, 1.165) is 5.56 Å². The van der Waals surface area contributed by atoms with Crippen molar-refractivity contribution in [2.24, 2.45) is 23.5 Å². The van der Waals surface area contributed by atoms with Gasteiger partial charge in [0.25, 0.3) is 5.91 Å². The minimum atomic E-state index is -1.35. The van der Waals surface area contributed by atoms with Gasteiger partial charge in [0.1, 0.15) is 29.4 Å². The monoisotopic (exact) mass is 1020 g/mol. The molecule has 2 unspecified atom stereocenters. The lowest BCUT2D eigenvalue weighted by atomic mass is 9.78. The van der Waals surface area contributed by atoms with Crippen LogP contribution in [0.15, 0.2) is 30.5 Å². The molecule has 0 spiro atoms. The largest absolute Gasteiger partial charge is 0.458 e. The summed E-state index contributed by atoms with van der Waals surface area (Å²) < 4.78 is 38.4. The van der Waals surface area contributed by atoms with Gasteiger partial charge in [-0.3, -0.25) is 29.3 Å². The van der Waals surface area contributed by atoms with E-state index < -0.39 is 106 Å². The van der Waals surface area contributed by atoms with Crippen molar-refractivity contribution in [1.29, 1.82) is 0 Å². The number of unbranched alkanes of at least 4 members (excludes halogenated alkanes) is 1. The first-order valence-corrected chi connectivity index (χ1v) is 25.0. The number of esters is 1. The minimum absolute atomic E-state index is 0.0232. The van der Waals surface area contributed by atoms with Crippen molar-refractivity contribution in [1.82, 2.24) is 30.5 Å². The number of ether oxygens (including phenoxy) is 6. The normalized spacial score (nSPS) is 32.6. The molecule has 0 radical (unpaired) electrons. The molecule has 1 aromatic carbocycles. The van der Waals surface area contributed by atoms with Gasteiger partial charge in [-0.2, -0.15) is 0 Å². The number of anilines is 1. The third kappa shape index (κ3) is 14.1. The van der Waals surface area contributed by atoms with E-state index in [4.69, 9.17) is 57.4 Å². The fourth-order valence-corrected chi connectivity index (χ4v) is 9.94. The number of aliphatic hydroxyl groups is 1. The maximum Gasteiger partial charge on any atom is 0.412 e. The Balaban J connectivity index is 1.32. The van der Waals surface area contributed by atoms with E-state index in [-0.39, 0.29) is 31.3 Å². The van der Waals surface area contributed by atoms with Crippen LogP contribution in [0.4, 0.5) is 15.3 Å². The Morgan fingerprint density at radius 2 is 1.80 bits per heavy atom. The predicted octanol–water partition coefficient (Wildman–Crippen LogP) is 5.35. The number of amides is 3. The second-order valence-corrected chi connectivity index (χ2v) is 21.5. The molecule has 4 heterocycles. The van der Waals surface area contributed by atoms with E-state index in [2.05, 4.69) is 26.3 Å². The molecule has 5 rings (SSSR count). The minimum Gasteiger partial charge on any atom is -0.458 e. The number of cyclic esters (lactones) is 1. The Morgan fingerprint density at radius 3 is 2.46 bits per heavy atom. The fraction of sp³-hybridized carbons (Fsp3) is 0.729. The van der Waals surface area contributed by atoms with Crippen molar-refractivity contribution in [3.63, 3.8) is 0 Å². The Morgan fingerprint density at radius 1 is 1.10 bits per heavy atom. The zero-order valence-corrected chi connectivity index (χ0v) is 43.8. The van der Waals surface area contributed by atoms with Gasteiger partial charge in [0, 0.05) is 56.0 Å². The molecule has 2 aromatic rings. The molecule has 0 aliphatic carbocycles. The van der Waals surface area contributed by atoms with E-state index in [1.165, 1.54) is 14.0 Å². The van der Waals surface area contributed by atoms with Crippen molar-refractivity contribution in [3.8, 4) is 11.3 Å². The number of hydrogen-bond acceptors (Lipinski definition) is 16. The van der Waals surface area contributed by atoms with Crippen LogP contribution in [0, 0.1) is 17.8 Å². The molecule has 392 valence electrons. The van der Waals surface area contributed by atoms with E-state index in [0.29, 0.717) is 50.3 Å². The number of alkyl halides is 2. The first-order chi connectivity index (χ1) is 32.8. The highest BCUT2D eigenvalue weighted by Gasteiger charge is 2.58. The maximum absolute atomic E-state index is 14.5. The number of aromatic nitrogens is 3. The van der Waals surface area contributed by atoms with Gasteiger partial charge >= 0.3 is 18.2 Å². The van der Waals surface area contributed by atoms with Crippen molar-refractivity contribution >= 4 is 58.7 Å². The number of hydrogen-bond donors (Lipinski definition) is 5. The Hall–Kier alpha value is -4.15. The van der Waals surface area contributed by atoms with Crippen LogP contribution >= 0.6 is 23.2 Å². The highest BCUT2D eigenvalue weighted by atomic mass is 35.5. The van der Waals surface area contributed by atoms with Crippen molar-refractivity contribution in [2.45, 2.75) is 178 Å². The molecule has 3 aliphatic heterocycles. The molecule has 1 aromatic heterocycles. The molecule has 6 N–H and O–H groups in total. The summed E-state index contributed by atoms with van der Waals surface area (Å²) >= 11 is 11.4. The van der Waals surface area contributed by atoms with Crippen LogP contribution in [0.2, 0.25) is 0 Å². The van der Waals surface area contributed by atoms with Crippen molar-refractivity contribution < 1.29 is 57.5 Å². The summed E-state index contributed by atoms with van der Waals surface area (Å²) in [7, 11) is 1.50. The Labute approximate surface area is 421 Å². The van der Waals surface area contributed by atoms with Crippen LogP contribution in [0.1, 0.15) is 101 Å². The smallest absolute Gasteiger partial charge is 0.412 e. The first kappa shape index (κ1) is 56.8. The van der Waals surface area contributed by atoms with Crippen LogP contribution in [-0.2, 0) is 49.3 Å². The molecule has 0 saturated carbocycles. The molecule has 0 bridgehead atoms. The number of nitrogens with two attached hydrogens (primary N) is 1. The van der Waals surface area contributed by atoms with Gasteiger partial charge in [-0.25, -0.2) is 9.59 Å². The lowest BCUT2D eigenvalue weighted by Gasteiger charge is -2.45. The predicted molar refractivity (Wildman–Crippen MR) is 261 cm³/mol. The van der Waals surface area contributed by atoms with Crippen molar-refractivity contribution in [2.75, 3.05) is 32.1 Å². The number of aryl methyl sites for hydroxylation is 1. The standard InChI is InChI=1S/C48H74Cl2N8O12/c1-12-35-48(10)38(58(45(64)70-48)19-14-13-18-57-25-34(55-56-57)30-16-15-17-31(20-30)54-44(63)69-46(6,7)8)29(5)52-23-26(2)22-47(9,65-11)39(27(3)36(59)28(4)42(62)67-35)68-43-37(60)33(51)21-32(66-43)24-53-41(61)40(49)50/h15-17,20,25-29,32-33,35,37-40,43,52,60H,12-14,18-19,21-24,51H2,1-11H3,(H,53,61)(H,54,63)/t26-,27+,28-,29-,32+,33?,35-,37?,38-,39-,43+,47-,48-/m1/s1. The summed E-state index contributed by atoms with van der Waals surface area (Å²) in [5.41, 5.74) is 5.12. The van der Waals surface area contributed by atoms with Crippen molar-refractivity contribution in [3.05, 3.63) is 30.5 Å². The van der Waals surface area contributed by atoms with Crippen LogP contribution in [-0.4, -0.2) is 152 Å². The molecular formula is C48H74Cl2N8O12. The molecule has 3 amide bonds. The number of ketones is 1. The molecule has 70 heavy (non-hydrogen) atoms. The summed E-state index contributed by atoms with van der Waals surface area (Å²) in [4.78, 5) is 67.4. The fourth-order valence-electron chi connectivity index (χ4n) is 9.78. The van der Waals surface area contributed by atoms with Gasteiger partial charge in [0.15, 0.2) is 22.5 Å². The van der Waals surface area contributed by atoms with Crippen LogP contribution < -0.4 is 21.7 Å². The third-order valence-electron chi connectivity index (χ3n) is 13.4. The number of aliphatic hydroxyl groups excluding tert-OH is 1. The quantitative estimate of drug-likeness (QED) is 0.0526. The number of Topliss-reactive ketones (excluding diaryl/α,β-unsaturated/α-hetero) is 1. The van der Waals surface area contributed by atoms with Gasteiger partial charge < -0.3 is 49.9 Å². The SMILES string of the molecule is CC[C@H]1OC(=O)[C@H](C)C(=O)[C@H](C)[C@@H](O[C@@H]2O[C@H](CNC(=O)C(Cl)Cl)CC(N)C2O)[C@](C)(OC)C[C@@H](C)CN[C@H](C)[C@H]2N(CCCCn3cc(-c4cccc(NC(=O)OC(C)(C)C)c4)nn3)C(=O)O[C@]12C. The number of benzene rings is 1. The highest BCUT2D eigenvalue weighted by Crippen LogP contribution is 2.40. The number of nitrogens with zero attached hydrogens (tertiary/aromatic N) is 4. The first-order valence-electron chi connectivity index (χ1n) is 24.1. The van der Waals surface area contributed by atoms with Gasteiger partial charge in [-0.05, 0) is 105 Å². The van der Waals surface area contributed by atoms with Gasteiger partial charge in [0.2, 0.25) is 0 Å². The number of rotatable bonds is 14. The number of halogens is 2. The number of carbonyl (C=O) groups is 5. The Kier molecular flexibility index (Phi) is 19.5. The number of methoxy groups -OCH3 is 1. The summed E-state index contributed by atoms with van der Waals surface area (Å²) in [6.07, 6.45) is -2.69. The zero-order valence-electron chi connectivity index (χ0n) is 42.2. The number of fused-ring (bicyclic) bond motifs is 1. The number of carbonyl (C=O) groups excluding carboxylic acids is 5. The molecule has 3 fully saturated rings. The van der Waals surface area contributed by atoms with Gasteiger partial charge in [0.05, 0.1) is 30.0 Å². The maximum atomic E-state index is 14.5. The number of nitrogens with one attached hydrogen (secondary N) is 3.